The van der Waals surface area contributed by atoms with Crippen LogP contribution in [-0.2, 0) is 0 Å². The lowest BCUT2D eigenvalue weighted by atomic mass is 9.83. The highest BCUT2D eigenvalue weighted by atomic mass is 79.9. The Bertz CT molecular complexity index is 656. The highest BCUT2D eigenvalue weighted by molar-refractivity contribution is 9.09. The van der Waals surface area contributed by atoms with E-state index in [-0.39, 0.29) is 11.4 Å². The van der Waals surface area contributed by atoms with E-state index in [1.54, 1.807) is 0 Å². The SMILES string of the molecule is Cc1ccc2oc(C(=O)NC3(CBr)CCCCC3)cc2c1. The average molecular weight is 350 g/mol. The summed E-state index contributed by atoms with van der Waals surface area (Å²) in [7, 11) is 0. The number of halogens is 1. The standard InChI is InChI=1S/C17H20BrNO2/c1-12-5-6-14-13(9-12)10-15(21-14)16(20)19-17(11-18)7-3-2-4-8-17/h5-6,9-10H,2-4,7-8,11H2,1H3,(H,19,20). The lowest BCUT2D eigenvalue weighted by molar-refractivity contribution is 0.0860. The second-order valence-electron chi connectivity index (χ2n) is 6.08. The molecule has 3 nitrogen and oxygen atoms in total. The lowest BCUT2D eigenvalue weighted by Crippen LogP contribution is -2.51. The summed E-state index contributed by atoms with van der Waals surface area (Å²) in [6.07, 6.45) is 5.66. The van der Waals surface area contributed by atoms with Crippen molar-refractivity contribution < 1.29 is 9.21 Å². The summed E-state index contributed by atoms with van der Waals surface area (Å²) < 4.78 is 5.69. The summed E-state index contributed by atoms with van der Waals surface area (Å²) in [6, 6.07) is 7.79. The number of hydrogen-bond donors (Lipinski definition) is 1. The number of carbonyl (C=O) groups is 1. The van der Waals surface area contributed by atoms with Crippen molar-refractivity contribution in [3.8, 4) is 0 Å². The van der Waals surface area contributed by atoms with Gasteiger partial charge in [0.05, 0.1) is 5.54 Å². The third kappa shape index (κ3) is 3.00. The fraction of sp³-hybridized carbons (Fsp3) is 0.471. The van der Waals surface area contributed by atoms with Gasteiger partial charge in [-0.25, -0.2) is 0 Å². The molecule has 112 valence electrons. The number of nitrogens with one attached hydrogen (secondary N) is 1. The molecule has 1 N–H and O–H groups in total. The van der Waals surface area contributed by atoms with Crippen molar-refractivity contribution in [3.63, 3.8) is 0 Å². The molecule has 1 amide bonds. The van der Waals surface area contributed by atoms with Gasteiger partial charge in [-0.3, -0.25) is 4.79 Å². The first-order valence-electron chi connectivity index (χ1n) is 7.51. The van der Waals surface area contributed by atoms with Gasteiger partial charge in [0, 0.05) is 10.7 Å². The fourth-order valence-electron chi connectivity index (χ4n) is 3.10. The van der Waals surface area contributed by atoms with Crippen LogP contribution >= 0.6 is 15.9 Å². The van der Waals surface area contributed by atoms with Gasteiger partial charge >= 0.3 is 0 Å². The maximum absolute atomic E-state index is 12.5. The van der Waals surface area contributed by atoms with E-state index in [4.69, 9.17) is 4.42 Å². The third-order valence-electron chi connectivity index (χ3n) is 4.34. The van der Waals surface area contributed by atoms with Crippen LogP contribution in [0.1, 0.15) is 48.2 Å². The minimum atomic E-state index is -0.121. The number of amides is 1. The molecule has 0 radical (unpaired) electrons. The number of alkyl halides is 1. The second kappa shape index (κ2) is 5.84. The number of hydrogen-bond acceptors (Lipinski definition) is 2. The molecule has 0 aliphatic heterocycles. The lowest BCUT2D eigenvalue weighted by Gasteiger charge is -2.36. The molecule has 1 aromatic heterocycles. The molecule has 0 atom stereocenters. The zero-order valence-electron chi connectivity index (χ0n) is 12.2. The second-order valence-corrected chi connectivity index (χ2v) is 6.64. The predicted octanol–water partition coefficient (Wildman–Crippen LogP) is 4.57. The maximum atomic E-state index is 12.5. The van der Waals surface area contributed by atoms with E-state index in [1.807, 2.05) is 31.2 Å². The van der Waals surface area contributed by atoms with Crippen LogP contribution in [0.3, 0.4) is 0 Å². The van der Waals surface area contributed by atoms with Crippen LogP contribution in [-0.4, -0.2) is 16.8 Å². The molecule has 0 spiro atoms. The predicted molar refractivity (Wildman–Crippen MR) is 88.0 cm³/mol. The highest BCUT2D eigenvalue weighted by Crippen LogP contribution is 2.30. The smallest absolute Gasteiger partial charge is 0.287 e. The van der Waals surface area contributed by atoms with Gasteiger partial charge < -0.3 is 9.73 Å². The number of aryl methyl sites for hydroxylation is 1. The van der Waals surface area contributed by atoms with Crippen LogP contribution in [0.5, 0.6) is 0 Å². The van der Waals surface area contributed by atoms with Crippen molar-refractivity contribution in [1.29, 1.82) is 0 Å². The minimum Gasteiger partial charge on any atom is -0.451 e. The maximum Gasteiger partial charge on any atom is 0.287 e. The van der Waals surface area contributed by atoms with Crippen LogP contribution in [0.2, 0.25) is 0 Å². The summed E-state index contributed by atoms with van der Waals surface area (Å²) in [5, 5.41) is 4.97. The van der Waals surface area contributed by atoms with Gasteiger partial charge in [-0.05, 0) is 38.0 Å². The van der Waals surface area contributed by atoms with Gasteiger partial charge in [0.2, 0.25) is 0 Å². The Morgan fingerprint density at radius 3 is 2.76 bits per heavy atom. The molecule has 1 aliphatic carbocycles. The molecular weight excluding hydrogens is 330 g/mol. The van der Waals surface area contributed by atoms with Crippen LogP contribution in [0.15, 0.2) is 28.7 Å². The van der Waals surface area contributed by atoms with Crippen LogP contribution in [0.25, 0.3) is 11.0 Å². The summed E-state index contributed by atoms with van der Waals surface area (Å²) in [5.74, 6) is 0.298. The van der Waals surface area contributed by atoms with Gasteiger partial charge in [-0.1, -0.05) is 46.8 Å². The van der Waals surface area contributed by atoms with E-state index in [0.29, 0.717) is 5.76 Å². The first-order chi connectivity index (χ1) is 10.1. The number of fused-ring (bicyclic) bond motifs is 1. The van der Waals surface area contributed by atoms with Crippen molar-refractivity contribution in [3.05, 3.63) is 35.6 Å². The van der Waals surface area contributed by atoms with E-state index in [0.717, 1.165) is 29.1 Å². The molecule has 3 rings (SSSR count). The molecular formula is C17H20BrNO2. The van der Waals surface area contributed by atoms with Crippen molar-refractivity contribution in [2.24, 2.45) is 0 Å². The number of furan rings is 1. The Kier molecular flexibility index (Phi) is 4.07. The van der Waals surface area contributed by atoms with Crippen molar-refractivity contribution in [2.75, 3.05) is 5.33 Å². The molecule has 1 fully saturated rings. The summed E-state index contributed by atoms with van der Waals surface area (Å²) in [4.78, 5) is 12.5. The normalized spacial score (nSPS) is 17.8. The quantitative estimate of drug-likeness (QED) is 0.824. The van der Waals surface area contributed by atoms with E-state index in [2.05, 4.69) is 21.2 Å². The summed E-state index contributed by atoms with van der Waals surface area (Å²) in [6.45, 7) is 2.04. The van der Waals surface area contributed by atoms with Crippen LogP contribution < -0.4 is 5.32 Å². The topological polar surface area (TPSA) is 42.2 Å². The van der Waals surface area contributed by atoms with E-state index >= 15 is 0 Å². The molecule has 4 heteroatoms. The molecule has 0 bridgehead atoms. The zero-order chi connectivity index (χ0) is 14.9. The van der Waals surface area contributed by atoms with Crippen molar-refractivity contribution in [1.82, 2.24) is 5.32 Å². The fourth-order valence-corrected chi connectivity index (χ4v) is 3.80. The Balaban J connectivity index is 1.82. The first-order valence-corrected chi connectivity index (χ1v) is 8.63. The zero-order valence-corrected chi connectivity index (χ0v) is 13.8. The Morgan fingerprint density at radius 1 is 1.29 bits per heavy atom. The molecule has 0 unspecified atom stereocenters. The first kappa shape index (κ1) is 14.6. The van der Waals surface area contributed by atoms with Gasteiger partial charge in [-0.2, -0.15) is 0 Å². The molecule has 1 aromatic carbocycles. The van der Waals surface area contributed by atoms with E-state index in [9.17, 15) is 4.79 Å². The van der Waals surface area contributed by atoms with Gasteiger partial charge in [0.1, 0.15) is 5.58 Å². The van der Waals surface area contributed by atoms with Crippen molar-refractivity contribution >= 4 is 32.8 Å². The van der Waals surface area contributed by atoms with Gasteiger partial charge in [0.15, 0.2) is 5.76 Å². The average Bonchev–Trinajstić information content (AvgIpc) is 2.91. The number of benzene rings is 1. The molecule has 1 saturated carbocycles. The minimum absolute atomic E-state index is 0.106. The Labute approximate surface area is 133 Å². The number of rotatable bonds is 3. The molecule has 1 heterocycles. The summed E-state index contributed by atoms with van der Waals surface area (Å²) in [5.41, 5.74) is 1.81. The number of carbonyl (C=O) groups excluding carboxylic acids is 1. The van der Waals surface area contributed by atoms with Crippen LogP contribution in [0, 0.1) is 6.92 Å². The van der Waals surface area contributed by atoms with Gasteiger partial charge in [0.25, 0.3) is 5.91 Å². The van der Waals surface area contributed by atoms with Crippen LogP contribution in [0.4, 0.5) is 0 Å². The molecule has 21 heavy (non-hydrogen) atoms. The molecule has 2 aromatic rings. The molecule has 0 saturated heterocycles. The van der Waals surface area contributed by atoms with E-state index in [1.165, 1.54) is 24.8 Å². The Morgan fingerprint density at radius 2 is 2.05 bits per heavy atom. The Hall–Kier alpha value is -1.29. The highest BCUT2D eigenvalue weighted by Gasteiger charge is 2.33. The van der Waals surface area contributed by atoms with E-state index < -0.39 is 0 Å². The monoisotopic (exact) mass is 349 g/mol. The van der Waals surface area contributed by atoms with Gasteiger partial charge in [-0.15, -0.1) is 0 Å². The summed E-state index contributed by atoms with van der Waals surface area (Å²) >= 11 is 3.57. The third-order valence-corrected chi connectivity index (χ3v) is 5.41. The molecule has 1 aliphatic rings. The van der Waals surface area contributed by atoms with Crippen molar-refractivity contribution in [2.45, 2.75) is 44.6 Å². The largest absolute Gasteiger partial charge is 0.451 e.